The first-order valence-corrected chi connectivity index (χ1v) is 1.54. The van der Waals surface area contributed by atoms with E-state index in [9.17, 15) is 0 Å². The van der Waals surface area contributed by atoms with Gasteiger partial charge in [-0.25, -0.2) is 0 Å². The molecular formula is C4H7NW. The van der Waals surface area contributed by atoms with Gasteiger partial charge in [0.25, 0.3) is 0 Å². The van der Waals surface area contributed by atoms with Crippen molar-refractivity contribution >= 4 is 6.21 Å². The normalized spacial score (nSPS) is 8.33. The molecule has 0 aliphatic rings. The number of hydrogen-bond acceptors (Lipinski definition) is 1. The van der Waals surface area contributed by atoms with Crippen LogP contribution in [0.5, 0.6) is 0 Å². The maximum Gasteiger partial charge on any atom is 2.00 e. The van der Waals surface area contributed by atoms with Crippen LogP contribution in [-0.2, 0) is 21.1 Å². The van der Waals surface area contributed by atoms with E-state index >= 15 is 0 Å². The fourth-order valence-electron chi connectivity index (χ4n) is 0.112. The SMILES string of the molecule is [CH2-]CN=[C-]C.[W+2]. The van der Waals surface area contributed by atoms with Gasteiger partial charge in [0, 0.05) is 0 Å². The summed E-state index contributed by atoms with van der Waals surface area (Å²) in [5.41, 5.74) is 0. The molecular weight excluding hydrogens is 246 g/mol. The molecule has 0 spiro atoms. The van der Waals surface area contributed by atoms with Gasteiger partial charge in [-0.3, -0.25) is 0 Å². The first-order valence-electron chi connectivity index (χ1n) is 1.54. The predicted octanol–water partition coefficient (Wildman–Crippen LogP) is 0.786. The summed E-state index contributed by atoms with van der Waals surface area (Å²) in [7, 11) is 0. The maximum absolute atomic E-state index is 3.61. The third-order valence-corrected chi connectivity index (χ3v) is 0.270. The van der Waals surface area contributed by atoms with Crippen molar-refractivity contribution in [2.45, 2.75) is 6.92 Å². The maximum atomic E-state index is 3.61. The fraction of sp³-hybridized carbons (Fsp3) is 0.500. The van der Waals surface area contributed by atoms with Crippen molar-refractivity contribution in [1.29, 1.82) is 0 Å². The Hall–Kier alpha value is 0.358. The largest absolute Gasteiger partial charge is 2.00 e. The summed E-state index contributed by atoms with van der Waals surface area (Å²) >= 11 is 0. The first-order chi connectivity index (χ1) is 2.41. The molecule has 0 saturated heterocycles. The van der Waals surface area contributed by atoms with Crippen LogP contribution < -0.4 is 0 Å². The van der Waals surface area contributed by atoms with Gasteiger partial charge >= 0.3 is 21.1 Å². The molecule has 0 saturated carbocycles. The Morgan fingerprint density at radius 3 is 2.33 bits per heavy atom. The van der Waals surface area contributed by atoms with Crippen LogP contribution in [-0.4, -0.2) is 12.8 Å². The van der Waals surface area contributed by atoms with Crippen LogP contribution >= 0.6 is 0 Å². The van der Waals surface area contributed by atoms with E-state index in [0.29, 0.717) is 6.54 Å². The molecule has 0 amide bonds. The summed E-state index contributed by atoms with van der Waals surface area (Å²) in [6.07, 6.45) is 2.58. The van der Waals surface area contributed by atoms with Crippen molar-refractivity contribution in [2.75, 3.05) is 6.54 Å². The van der Waals surface area contributed by atoms with Crippen LogP contribution in [0.15, 0.2) is 4.99 Å². The van der Waals surface area contributed by atoms with Crippen molar-refractivity contribution in [3.05, 3.63) is 6.92 Å². The molecule has 34 valence electrons. The third kappa shape index (κ3) is 8.84. The molecule has 0 atom stereocenters. The quantitative estimate of drug-likeness (QED) is 0.484. The molecule has 0 aliphatic heterocycles. The second kappa shape index (κ2) is 9.02. The summed E-state index contributed by atoms with van der Waals surface area (Å²) in [6.45, 7) is 5.81. The second-order valence-electron chi connectivity index (χ2n) is 0.605. The molecule has 0 heterocycles. The van der Waals surface area contributed by atoms with E-state index in [1.165, 1.54) is 0 Å². The van der Waals surface area contributed by atoms with Crippen LogP contribution in [0, 0.1) is 6.92 Å². The molecule has 0 aromatic heterocycles. The van der Waals surface area contributed by atoms with Crippen LogP contribution in [0.4, 0.5) is 0 Å². The Morgan fingerprint density at radius 2 is 2.33 bits per heavy atom. The van der Waals surface area contributed by atoms with Crippen molar-refractivity contribution in [2.24, 2.45) is 4.99 Å². The Labute approximate surface area is 53.1 Å². The van der Waals surface area contributed by atoms with Crippen LogP contribution in [0.1, 0.15) is 6.92 Å². The zero-order chi connectivity index (χ0) is 4.12. The molecule has 0 bridgehead atoms. The molecule has 0 aliphatic carbocycles. The van der Waals surface area contributed by atoms with Gasteiger partial charge in [0.1, 0.15) is 0 Å². The Kier molecular flexibility index (Phi) is 14.5. The van der Waals surface area contributed by atoms with Crippen LogP contribution in [0.3, 0.4) is 0 Å². The third-order valence-electron chi connectivity index (χ3n) is 0.270. The van der Waals surface area contributed by atoms with E-state index < -0.39 is 0 Å². The number of rotatable bonds is 1. The van der Waals surface area contributed by atoms with E-state index in [-0.39, 0.29) is 21.1 Å². The Balaban J connectivity index is 0. The van der Waals surface area contributed by atoms with Crippen LogP contribution in [0.2, 0.25) is 0 Å². The Morgan fingerprint density at radius 1 is 1.83 bits per heavy atom. The van der Waals surface area contributed by atoms with E-state index in [2.05, 4.69) is 18.1 Å². The van der Waals surface area contributed by atoms with Gasteiger partial charge in [-0.2, -0.15) is 6.92 Å². The van der Waals surface area contributed by atoms with Gasteiger partial charge in [-0.15, -0.1) is 6.54 Å². The van der Waals surface area contributed by atoms with Gasteiger partial charge < -0.3 is 18.1 Å². The summed E-state index contributed by atoms with van der Waals surface area (Å²) in [6, 6.07) is 0. The first kappa shape index (κ1) is 9.61. The molecule has 0 aromatic carbocycles. The second-order valence-corrected chi connectivity index (χ2v) is 0.605. The minimum Gasteiger partial charge on any atom is -0.533 e. The van der Waals surface area contributed by atoms with E-state index in [1.54, 1.807) is 6.92 Å². The molecule has 0 unspecified atom stereocenters. The number of hydrogen-bond donors (Lipinski definition) is 0. The minimum absolute atomic E-state index is 0. The zero-order valence-corrected chi connectivity index (χ0v) is 6.70. The summed E-state index contributed by atoms with van der Waals surface area (Å²) in [5.74, 6) is 0. The van der Waals surface area contributed by atoms with Crippen molar-refractivity contribution < 1.29 is 21.1 Å². The summed E-state index contributed by atoms with van der Waals surface area (Å²) < 4.78 is 0. The smallest absolute Gasteiger partial charge is 0.533 e. The molecule has 0 aromatic rings. The molecule has 0 N–H and O–H groups in total. The van der Waals surface area contributed by atoms with Crippen LogP contribution in [0.25, 0.3) is 0 Å². The molecule has 6 heavy (non-hydrogen) atoms. The average Bonchev–Trinajstić information content (AvgIpc) is 1.41. The van der Waals surface area contributed by atoms with Gasteiger partial charge in [0.15, 0.2) is 0 Å². The molecule has 0 radical (unpaired) electrons. The molecule has 2 heteroatoms. The molecule has 0 rings (SSSR count). The van der Waals surface area contributed by atoms with E-state index in [4.69, 9.17) is 0 Å². The topological polar surface area (TPSA) is 12.4 Å². The predicted molar refractivity (Wildman–Crippen MR) is 23.3 cm³/mol. The number of nitrogens with zero attached hydrogens (tertiary/aromatic N) is 1. The van der Waals surface area contributed by atoms with Gasteiger partial charge in [0.2, 0.25) is 0 Å². The summed E-state index contributed by atoms with van der Waals surface area (Å²) in [4.78, 5) is 3.61. The van der Waals surface area contributed by atoms with Crippen molar-refractivity contribution in [3.8, 4) is 0 Å². The summed E-state index contributed by atoms with van der Waals surface area (Å²) in [5, 5.41) is 0. The monoisotopic (exact) mass is 253 g/mol. The Bertz CT molecular complexity index is 34.5. The van der Waals surface area contributed by atoms with E-state index in [0.717, 1.165) is 0 Å². The molecule has 0 fully saturated rings. The van der Waals surface area contributed by atoms with E-state index in [1.807, 2.05) is 0 Å². The van der Waals surface area contributed by atoms with Gasteiger partial charge in [0.05, 0.1) is 0 Å². The number of aliphatic imine (C=N–C) groups is 1. The fourth-order valence-corrected chi connectivity index (χ4v) is 0.112. The molecule has 1 nitrogen and oxygen atoms in total. The average molecular weight is 253 g/mol. The van der Waals surface area contributed by atoms with Gasteiger partial charge in [-0.05, 0) is 0 Å². The standard InChI is InChI=1S/C4H7N.W/c1-3-5-4-2;/h1,3H2,2H3;/q-2;+2. The van der Waals surface area contributed by atoms with Crippen molar-refractivity contribution in [3.63, 3.8) is 0 Å². The zero-order valence-electron chi connectivity index (χ0n) is 3.77. The minimum atomic E-state index is 0. The van der Waals surface area contributed by atoms with Crippen molar-refractivity contribution in [1.82, 2.24) is 0 Å². The van der Waals surface area contributed by atoms with Gasteiger partial charge in [-0.1, -0.05) is 0 Å².